The topological polar surface area (TPSA) is 157 Å². The van der Waals surface area contributed by atoms with E-state index in [2.05, 4.69) is 28.2 Å². The SMILES string of the molecule is CCCCCCCCCC(=O)NC(C(=O)NC1CC(O)CCNC(=O)/C=C\C(C)NC1=O)C(C)O. The minimum Gasteiger partial charge on any atom is -0.393 e. The Balaban J connectivity index is 2.70. The van der Waals surface area contributed by atoms with Gasteiger partial charge in [-0.05, 0) is 26.7 Å². The molecule has 6 N–H and O–H groups in total. The van der Waals surface area contributed by atoms with Gasteiger partial charge in [0, 0.05) is 31.5 Å². The van der Waals surface area contributed by atoms with Crippen LogP contribution in [0.25, 0.3) is 0 Å². The number of carbonyl (C=O) groups excluding carboxylic acids is 4. The summed E-state index contributed by atoms with van der Waals surface area (Å²) in [5, 5.41) is 30.9. The molecule has 0 aliphatic carbocycles. The molecule has 0 aromatic rings. The van der Waals surface area contributed by atoms with Gasteiger partial charge >= 0.3 is 0 Å². The lowest BCUT2D eigenvalue weighted by Crippen LogP contribution is -2.58. The van der Waals surface area contributed by atoms with Crippen molar-refractivity contribution in [2.24, 2.45) is 0 Å². The van der Waals surface area contributed by atoms with Crippen LogP contribution >= 0.6 is 0 Å². The van der Waals surface area contributed by atoms with Crippen LogP contribution in [-0.2, 0) is 19.2 Å². The van der Waals surface area contributed by atoms with Crippen molar-refractivity contribution in [3.8, 4) is 0 Å². The van der Waals surface area contributed by atoms with Gasteiger partial charge in [0.1, 0.15) is 12.1 Å². The average Bonchev–Trinajstić information content (AvgIpc) is 2.79. The minimum absolute atomic E-state index is 0.0810. The van der Waals surface area contributed by atoms with E-state index in [1.165, 1.54) is 38.3 Å². The second-order valence-corrected chi connectivity index (χ2v) is 9.34. The number of hydrogen-bond donors (Lipinski definition) is 6. The van der Waals surface area contributed by atoms with Crippen LogP contribution in [0.4, 0.5) is 0 Å². The maximum absolute atomic E-state index is 12.9. The lowest BCUT2D eigenvalue weighted by molar-refractivity contribution is -0.134. The van der Waals surface area contributed by atoms with Gasteiger partial charge in [-0.2, -0.15) is 0 Å². The molecule has 4 amide bonds. The van der Waals surface area contributed by atoms with E-state index in [-0.39, 0.29) is 37.6 Å². The maximum atomic E-state index is 12.9. The molecule has 0 aromatic heterocycles. The number of aliphatic hydroxyl groups is 2. The first kappa shape index (κ1) is 30.6. The number of unbranched alkanes of at least 4 members (excludes halogenated alkanes) is 6. The van der Waals surface area contributed by atoms with Crippen LogP contribution in [0.2, 0.25) is 0 Å². The van der Waals surface area contributed by atoms with Crippen molar-refractivity contribution in [1.82, 2.24) is 21.3 Å². The van der Waals surface area contributed by atoms with Crippen molar-refractivity contribution >= 4 is 23.6 Å². The van der Waals surface area contributed by atoms with Gasteiger partial charge in [0.2, 0.25) is 23.6 Å². The third-order valence-electron chi connectivity index (χ3n) is 5.91. The van der Waals surface area contributed by atoms with Crippen molar-refractivity contribution in [2.45, 2.75) is 115 Å². The van der Waals surface area contributed by atoms with Crippen LogP contribution in [0.15, 0.2) is 12.2 Å². The molecule has 0 saturated heterocycles. The van der Waals surface area contributed by atoms with Gasteiger partial charge in [0.25, 0.3) is 0 Å². The molecule has 0 radical (unpaired) electrons. The van der Waals surface area contributed by atoms with Crippen molar-refractivity contribution in [3.05, 3.63) is 12.2 Å². The van der Waals surface area contributed by atoms with Crippen molar-refractivity contribution in [3.63, 3.8) is 0 Å². The normalized spacial score (nSPS) is 24.1. The van der Waals surface area contributed by atoms with E-state index in [1.807, 2.05) is 0 Å². The first-order valence-corrected chi connectivity index (χ1v) is 12.9. The smallest absolute Gasteiger partial charge is 0.245 e. The zero-order chi connectivity index (χ0) is 26.2. The van der Waals surface area contributed by atoms with Crippen LogP contribution in [0.5, 0.6) is 0 Å². The molecule has 1 heterocycles. The summed E-state index contributed by atoms with van der Waals surface area (Å²) in [7, 11) is 0. The molecule has 0 bridgehead atoms. The van der Waals surface area contributed by atoms with E-state index in [4.69, 9.17) is 0 Å². The summed E-state index contributed by atoms with van der Waals surface area (Å²) in [5.41, 5.74) is 0. The summed E-state index contributed by atoms with van der Waals surface area (Å²) >= 11 is 0. The highest BCUT2D eigenvalue weighted by Gasteiger charge is 2.31. The van der Waals surface area contributed by atoms with E-state index in [1.54, 1.807) is 6.92 Å². The second-order valence-electron chi connectivity index (χ2n) is 9.34. The summed E-state index contributed by atoms with van der Waals surface area (Å²) in [6, 6.07) is -2.79. The third kappa shape index (κ3) is 13.3. The fraction of sp³-hybridized carbons (Fsp3) is 0.760. The molecule has 200 valence electrons. The van der Waals surface area contributed by atoms with E-state index in [0.29, 0.717) is 6.42 Å². The molecule has 0 aromatic carbocycles. The van der Waals surface area contributed by atoms with Crippen LogP contribution in [0.1, 0.15) is 85.0 Å². The fourth-order valence-electron chi connectivity index (χ4n) is 3.80. The Labute approximate surface area is 208 Å². The highest BCUT2D eigenvalue weighted by molar-refractivity contribution is 5.92. The van der Waals surface area contributed by atoms with Crippen molar-refractivity contribution in [2.75, 3.05) is 6.54 Å². The highest BCUT2D eigenvalue weighted by atomic mass is 16.3. The third-order valence-corrected chi connectivity index (χ3v) is 5.91. The molecule has 1 aliphatic heterocycles. The Hall–Kier alpha value is -2.46. The maximum Gasteiger partial charge on any atom is 0.245 e. The van der Waals surface area contributed by atoms with Gasteiger partial charge in [0.15, 0.2) is 0 Å². The summed E-state index contributed by atoms with van der Waals surface area (Å²) in [4.78, 5) is 49.7. The Morgan fingerprint density at radius 2 is 1.80 bits per heavy atom. The van der Waals surface area contributed by atoms with Crippen LogP contribution in [0, 0.1) is 0 Å². The van der Waals surface area contributed by atoms with E-state index < -0.39 is 42.1 Å². The first-order chi connectivity index (χ1) is 16.6. The van der Waals surface area contributed by atoms with Crippen LogP contribution in [-0.4, -0.2) is 70.7 Å². The molecule has 0 saturated carbocycles. The average molecular weight is 497 g/mol. The zero-order valence-corrected chi connectivity index (χ0v) is 21.3. The molecule has 5 unspecified atom stereocenters. The molecule has 1 rings (SSSR count). The quantitative estimate of drug-likeness (QED) is 0.220. The van der Waals surface area contributed by atoms with E-state index in [9.17, 15) is 29.4 Å². The zero-order valence-electron chi connectivity index (χ0n) is 21.3. The first-order valence-electron chi connectivity index (χ1n) is 12.9. The molecule has 5 atom stereocenters. The van der Waals surface area contributed by atoms with Crippen LogP contribution < -0.4 is 21.3 Å². The summed E-state index contributed by atoms with van der Waals surface area (Å²) in [5.74, 6) is -1.90. The summed E-state index contributed by atoms with van der Waals surface area (Å²) in [6.07, 6.45) is 8.48. The number of rotatable bonds is 12. The lowest BCUT2D eigenvalue weighted by Gasteiger charge is -2.27. The van der Waals surface area contributed by atoms with Gasteiger partial charge in [-0.3, -0.25) is 19.2 Å². The van der Waals surface area contributed by atoms with E-state index in [0.717, 1.165) is 19.3 Å². The Morgan fingerprint density at radius 3 is 2.46 bits per heavy atom. The second kappa shape index (κ2) is 17.0. The number of aliphatic hydroxyl groups excluding tert-OH is 2. The number of nitrogens with one attached hydrogen (secondary N) is 4. The van der Waals surface area contributed by atoms with Crippen molar-refractivity contribution in [1.29, 1.82) is 0 Å². The fourth-order valence-corrected chi connectivity index (χ4v) is 3.80. The largest absolute Gasteiger partial charge is 0.393 e. The summed E-state index contributed by atoms with van der Waals surface area (Å²) in [6.45, 7) is 5.44. The molecule has 10 heteroatoms. The van der Waals surface area contributed by atoms with Gasteiger partial charge < -0.3 is 31.5 Å². The Kier molecular flexibility index (Phi) is 14.9. The van der Waals surface area contributed by atoms with E-state index >= 15 is 0 Å². The molecular weight excluding hydrogens is 452 g/mol. The molecule has 35 heavy (non-hydrogen) atoms. The van der Waals surface area contributed by atoms with Gasteiger partial charge in [-0.1, -0.05) is 51.5 Å². The van der Waals surface area contributed by atoms with Gasteiger partial charge in [0.05, 0.1) is 12.2 Å². The Bertz CT molecular complexity index is 712. The number of carbonyl (C=O) groups is 4. The Morgan fingerprint density at radius 1 is 1.14 bits per heavy atom. The molecular formula is C25H44N4O6. The summed E-state index contributed by atoms with van der Waals surface area (Å²) < 4.78 is 0. The highest BCUT2D eigenvalue weighted by Crippen LogP contribution is 2.09. The monoisotopic (exact) mass is 496 g/mol. The predicted octanol–water partition coefficient (Wildman–Crippen LogP) is 0.809. The number of hydrogen-bond acceptors (Lipinski definition) is 6. The number of amides is 4. The molecule has 0 spiro atoms. The van der Waals surface area contributed by atoms with Crippen molar-refractivity contribution < 1.29 is 29.4 Å². The van der Waals surface area contributed by atoms with Gasteiger partial charge in [-0.25, -0.2) is 0 Å². The minimum atomic E-state index is -1.23. The molecule has 10 nitrogen and oxygen atoms in total. The van der Waals surface area contributed by atoms with Crippen LogP contribution in [0.3, 0.4) is 0 Å². The molecule has 1 aliphatic rings. The lowest BCUT2D eigenvalue weighted by atomic mass is 10.0. The standard InChI is InChI=1S/C25H44N4O6/c1-4-5-6-7-8-9-10-11-22(33)29-23(18(3)30)25(35)28-20-16-19(31)14-15-26-21(32)13-12-17(2)27-24(20)34/h12-13,17-20,23,30-31H,4-11,14-16H2,1-3H3,(H,26,32)(H,27,34)(H,28,35)(H,29,33)/b13-12-. The van der Waals surface area contributed by atoms with Gasteiger partial charge in [-0.15, -0.1) is 0 Å². The predicted molar refractivity (Wildman–Crippen MR) is 133 cm³/mol. The molecule has 0 fully saturated rings.